The number of hydrogen-bond acceptors (Lipinski definition) is 7. The number of methoxy groups -OCH3 is 1. The summed E-state index contributed by atoms with van der Waals surface area (Å²) in [4.78, 5) is 15.3. The number of anilines is 1. The van der Waals surface area contributed by atoms with Gasteiger partial charge in [-0.15, -0.1) is 0 Å². The van der Waals surface area contributed by atoms with Crippen LogP contribution in [0.25, 0.3) is 0 Å². The zero-order valence-electron chi connectivity index (χ0n) is 14.9. The second-order valence-corrected chi connectivity index (χ2v) is 6.77. The molecule has 1 fully saturated rings. The molecule has 1 atom stereocenters. The fraction of sp³-hybridized carbons (Fsp3) is 0.500. The topological polar surface area (TPSA) is 83.4 Å². The van der Waals surface area contributed by atoms with Crippen LogP contribution in [0.2, 0.25) is 0 Å². The van der Waals surface area contributed by atoms with Gasteiger partial charge in [0.25, 0.3) is 0 Å². The Morgan fingerprint density at radius 3 is 2.68 bits per heavy atom. The predicted molar refractivity (Wildman–Crippen MR) is 95.3 cm³/mol. The monoisotopic (exact) mass is 343 g/mol. The van der Waals surface area contributed by atoms with Gasteiger partial charge in [-0.25, -0.2) is 9.97 Å². The molecule has 0 amide bonds. The molecule has 0 aliphatic heterocycles. The van der Waals surface area contributed by atoms with Crippen molar-refractivity contribution in [2.75, 3.05) is 26.5 Å². The smallest absolute Gasteiger partial charge is 0.212 e. The maximum Gasteiger partial charge on any atom is 0.212 e. The van der Waals surface area contributed by atoms with Crippen LogP contribution in [0.4, 0.5) is 5.82 Å². The molecule has 2 aromatic rings. The molecule has 0 saturated heterocycles. The van der Waals surface area contributed by atoms with Gasteiger partial charge in [-0.1, -0.05) is 6.07 Å². The second-order valence-electron chi connectivity index (χ2n) is 6.77. The maximum atomic E-state index is 9.71. The summed E-state index contributed by atoms with van der Waals surface area (Å²) < 4.78 is 5.14. The minimum Gasteiger partial charge on any atom is -0.481 e. The highest BCUT2D eigenvalue weighted by Gasteiger charge is 2.35. The molecule has 1 aliphatic rings. The van der Waals surface area contributed by atoms with Crippen molar-refractivity contribution in [1.29, 1.82) is 0 Å². The Kier molecular flexibility index (Phi) is 5.45. The Balaban J connectivity index is 1.80. The standard InChI is InChI=1S/C18H25N5O2/c1-23(2)11-14-9-19-10-16(21-14)22-18(13-6-15(24)7-13)12-4-5-17(25-3)20-8-12/h4-5,8-10,13,15,18,24H,6-7,11H2,1-3H3,(H,21,22). The molecule has 134 valence electrons. The zero-order valence-corrected chi connectivity index (χ0v) is 14.9. The highest BCUT2D eigenvalue weighted by Crippen LogP contribution is 2.39. The van der Waals surface area contributed by atoms with E-state index >= 15 is 0 Å². The lowest BCUT2D eigenvalue weighted by Crippen LogP contribution is -2.36. The average molecular weight is 343 g/mol. The first-order valence-electron chi connectivity index (χ1n) is 8.45. The van der Waals surface area contributed by atoms with E-state index in [9.17, 15) is 5.11 Å². The molecule has 0 aromatic carbocycles. The van der Waals surface area contributed by atoms with Gasteiger partial charge in [-0.05, 0) is 38.4 Å². The van der Waals surface area contributed by atoms with Crippen molar-refractivity contribution in [3.63, 3.8) is 0 Å². The molecular weight excluding hydrogens is 318 g/mol. The molecule has 7 heteroatoms. The Morgan fingerprint density at radius 2 is 2.08 bits per heavy atom. The van der Waals surface area contributed by atoms with Gasteiger partial charge >= 0.3 is 0 Å². The third-order valence-corrected chi connectivity index (χ3v) is 4.41. The van der Waals surface area contributed by atoms with Gasteiger partial charge in [-0.2, -0.15) is 0 Å². The highest BCUT2D eigenvalue weighted by molar-refractivity contribution is 5.38. The summed E-state index contributed by atoms with van der Waals surface area (Å²) in [5, 5.41) is 13.2. The molecule has 0 bridgehead atoms. The highest BCUT2D eigenvalue weighted by atomic mass is 16.5. The normalized spacial score (nSPS) is 20.8. The first-order valence-corrected chi connectivity index (χ1v) is 8.45. The Bertz CT molecular complexity index is 686. The minimum atomic E-state index is -0.216. The summed E-state index contributed by atoms with van der Waals surface area (Å²) in [6, 6.07) is 3.89. The van der Waals surface area contributed by atoms with Gasteiger partial charge in [0.15, 0.2) is 0 Å². The number of aliphatic hydroxyl groups is 1. The summed E-state index contributed by atoms with van der Waals surface area (Å²) in [5.74, 6) is 1.66. The van der Waals surface area contributed by atoms with Crippen LogP contribution in [0.5, 0.6) is 5.88 Å². The lowest BCUT2D eigenvalue weighted by atomic mass is 9.75. The van der Waals surface area contributed by atoms with Gasteiger partial charge in [0.1, 0.15) is 5.82 Å². The molecule has 2 N–H and O–H groups in total. The molecular formula is C18H25N5O2. The molecule has 25 heavy (non-hydrogen) atoms. The number of hydrogen-bond donors (Lipinski definition) is 2. The summed E-state index contributed by atoms with van der Waals surface area (Å²) in [7, 11) is 5.61. The molecule has 1 saturated carbocycles. The number of aromatic nitrogens is 3. The van der Waals surface area contributed by atoms with Crippen LogP contribution in [-0.4, -0.2) is 52.3 Å². The Hall–Kier alpha value is -2.25. The lowest BCUT2D eigenvalue weighted by molar-refractivity contribution is 0.0338. The number of ether oxygens (including phenoxy) is 1. The van der Waals surface area contributed by atoms with Crippen LogP contribution < -0.4 is 10.1 Å². The molecule has 3 rings (SSSR count). The van der Waals surface area contributed by atoms with Crippen LogP contribution in [0, 0.1) is 5.92 Å². The Morgan fingerprint density at radius 1 is 1.28 bits per heavy atom. The van der Waals surface area contributed by atoms with E-state index in [0.717, 1.165) is 36.5 Å². The third-order valence-electron chi connectivity index (χ3n) is 4.41. The van der Waals surface area contributed by atoms with Crippen LogP contribution in [0.1, 0.15) is 30.1 Å². The van der Waals surface area contributed by atoms with Gasteiger partial charge < -0.3 is 20.1 Å². The maximum absolute atomic E-state index is 9.71. The van der Waals surface area contributed by atoms with E-state index in [2.05, 4.69) is 25.2 Å². The Labute approximate surface area is 148 Å². The van der Waals surface area contributed by atoms with Crippen LogP contribution in [0.3, 0.4) is 0 Å². The van der Waals surface area contributed by atoms with Crippen molar-refractivity contribution in [2.24, 2.45) is 5.92 Å². The van der Waals surface area contributed by atoms with Gasteiger partial charge in [0.05, 0.1) is 31.1 Å². The van der Waals surface area contributed by atoms with Crippen molar-refractivity contribution in [2.45, 2.75) is 31.5 Å². The van der Waals surface area contributed by atoms with Crippen LogP contribution in [0.15, 0.2) is 30.7 Å². The molecule has 2 heterocycles. The number of nitrogens with zero attached hydrogens (tertiary/aromatic N) is 4. The van der Waals surface area contributed by atoms with Crippen molar-refractivity contribution < 1.29 is 9.84 Å². The van der Waals surface area contributed by atoms with Gasteiger partial charge in [0.2, 0.25) is 5.88 Å². The fourth-order valence-electron chi connectivity index (χ4n) is 3.11. The molecule has 2 aromatic heterocycles. The van der Waals surface area contributed by atoms with Crippen molar-refractivity contribution in [1.82, 2.24) is 19.9 Å². The second kappa shape index (κ2) is 7.76. The van der Waals surface area contributed by atoms with E-state index in [0.29, 0.717) is 11.8 Å². The van der Waals surface area contributed by atoms with E-state index < -0.39 is 0 Å². The largest absolute Gasteiger partial charge is 0.481 e. The third kappa shape index (κ3) is 4.43. The van der Waals surface area contributed by atoms with Crippen molar-refractivity contribution >= 4 is 5.82 Å². The predicted octanol–water partition coefficient (Wildman–Crippen LogP) is 1.87. The van der Waals surface area contributed by atoms with E-state index in [-0.39, 0.29) is 12.1 Å². The SMILES string of the molecule is COc1ccc(C(Nc2cncc(CN(C)C)n2)C2CC(O)C2)cn1. The molecule has 1 aliphatic carbocycles. The quantitative estimate of drug-likeness (QED) is 0.794. The average Bonchev–Trinajstić information content (AvgIpc) is 2.57. The summed E-state index contributed by atoms with van der Waals surface area (Å²) in [6.07, 6.45) is 6.66. The van der Waals surface area contributed by atoms with Crippen LogP contribution in [-0.2, 0) is 6.54 Å². The fourth-order valence-corrected chi connectivity index (χ4v) is 3.11. The first kappa shape index (κ1) is 17.6. The van der Waals surface area contributed by atoms with E-state index in [1.807, 2.05) is 32.4 Å². The number of nitrogens with one attached hydrogen (secondary N) is 1. The first-order chi connectivity index (χ1) is 12.0. The number of rotatable bonds is 7. The zero-order chi connectivity index (χ0) is 17.8. The van der Waals surface area contributed by atoms with E-state index in [4.69, 9.17) is 4.74 Å². The van der Waals surface area contributed by atoms with Crippen molar-refractivity contribution in [3.8, 4) is 5.88 Å². The summed E-state index contributed by atoms with van der Waals surface area (Å²) >= 11 is 0. The van der Waals surface area contributed by atoms with E-state index in [1.165, 1.54) is 0 Å². The summed E-state index contributed by atoms with van der Waals surface area (Å²) in [5.41, 5.74) is 1.97. The lowest BCUT2D eigenvalue weighted by Gasteiger charge is -2.38. The van der Waals surface area contributed by atoms with Crippen molar-refractivity contribution in [3.05, 3.63) is 42.0 Å². The molecule has 1 unspecified atom stereocenters. The molecule has 0 spiro atoms. The number of pyridine rings is 1. The molecule has 7 nitrogen and oxygen atoms in total. The minimum absolute atomic E-state index is 0.0331. The van der Waals surface area contributed by atoms with E-state index in [1.54, 1.807) is 19.5 Å². The van der Waals surface area contributed by atoms with Crippen LogP contribution >= 0.6 is 0 Å². The molecule has 0 radical (unpaired) electrons. The van der Waals surface area contributed by atoms with Gasteiger partial charge in [-0.3, -0.25) is 4.98 Å². The number of aliphatic hydroxyl groups excluding tert-OH is 1. The summed E-state index contributed by atoms with van der Waals surface area (Å²) in [6.45, 7) is 0.736. The van der Waals surface area contributed by atoms with Gasteiger partial charge in [0, 0.05) is 25.0 Å².